The fourth-order valence-corrected chi connectivity index (χ4v) is 3.45. The van der Waals surface area contributed by atoms with E-state index in [1.165, 1.54) is 11.1 Å². The van der Waals surface area contributed by atoms with E-state index >= 15 is 0 Å². The van der Waals surface area contributed by atoms with Crippen molar-refractivity contribution in [2.24, 2.45) is 4.99 Å². The van der Waals surface area contributed by atoms with Gasteiger partial charge in [0.25, 0.3) is 0 Å². The molecule has 1 aliphatic heterocycles. The zero-order chi connectivity index (χ0) is 20.2. The summed E-state index contributed by atoms with van der Waals surface area (Å²) in [4.78, 5) is 11.1. The van der Waals surface area contributed by atoms with E-state index in [1.807, 2.05) is 18.2 Å². The van der Waals surface area contributed by atoms with Gasteiger partial charge >= 0.3 is 0 Å². The SMILES string of the molecule is CN=C(NCc1nc(-c2ccco2)n[nH]1)N1CCc2cc(OC)c(OC)cc2C1.I. The first-order valence-corrected chi connectivity index (χ1v) is 9.36. The number of rotatable bonds is 5. The number of nitrogens with zero attached hydrogens (tertiary/aromatic N) is 4. The lowest BCUT2D eigenvalue weighted by Gasteiger charge is -2.32. The van der Waals surface area contributed by atoms with Gasteiger partial charge in [-0.25, -0.2) is 4.98 Å². The molecule has 1 aromatic carbocycles. The van der Waals surface area contributed by atoms with Gasteiger partial charge in [0.2, 0.25) is 5.82 Å². The zero-order valence-electron chi connectivity index (χ0n) is 17.1. The Morgan fingerprint density at radius 3 is 2.70 bits per heavy atom. The van der Waals surface area contributed by atoms with Crippen molar-refractivity contribution in [1.82, 2.24) is 25.4 Å². The fraction of sp³-hybridized carbons (Fsp3) is 0.350. The quantitative estimate of drug-likeness (QED) is 0.301. The van der Waals surface area contributed by atoms with Crippen LogP contribution in [0.1, 0.15) is 17.0 Å². The number of hydrogen-bond donors (Lipinski definition) is 2. The van der Waals surface area contributed by atoms with Gasteiger partial charge in [0.1, 0.15) is 5.82 Å². The summed E-state index contributed by atoms with van der Waals surface area (Å²) in [6.07, 6.45) is 2.51. The van der Waals surface area contributed by atoms with E-state index in [4.69, 9.17) is 13.9 Å². The minimum atomic E-state index is 0. The molecule has 4 rings (SSSR count). The van der Waals surface area contributed by atoms with Gasteiger partial charge in [-0.15, -0.1) is 29.1 Å². The van der Waals surface area contributed by atoms with Crippen molar-refractivity contribution in [2.45, 2.75) is 19.5 Å². The molecule has 2 aromatic heterocycles. The molecule has 0 atom stereocenters. The maximum Gasteiger partial charge on any atom is 0.216 e. The summed E-state index contributed by atoms with van der Waals surface area (Å²) in [5.74, 6) is 4.19. The number of nitrogens with one attached hydrogen (secondary N) is 2. The molecule has 0 amide bonds. The molecule has 0 fully saturated rings. The topological polar surface area (TPSA) is 101 Å². The molecular formula is C20H25IN6O3. The normalized spacial score (nSPS) is 13.4. The number of aliphatic imine (C=N–C) groups is 1. The van der Waals surface area contributed by atoms with E-state index < -0.39 is 0 Å². The van der Waals surface area contributed by atoms with Crippen LogP contribution in [0.4, 0.5) is 0 Å². The maximum atomic E-state index is 5.45. The van der Waals surface area contributed by atoms with Gasteiger partial charge in [-0.2, -0.15) is 0 Å². The van der Waals surface area contributed by atoms with Crippen molar-refractivity contribution in [3.05, 3.63) is 47.5 Å². The van der Waals surface area contributed by atoms with Crippen LogP contribution in [0.5, 0.6) is 11.5 Å². The number of aromatic amines is 1. The van der Waals surface area contributed by atoms with Gasteiger partial charge in [-0.3, -0.25) is 10.1 Å². The standard InChI is InChI=1S/C20H24N6O3.HI/c1-21-20(22-11-18-23-19(25-24-18)15-5-4-8-29-15)26-7-6-13-9-16(27-2)17(28-3)10-14(13)12-26;/h4-5,8-10H,6-7,11-12H2,1-3H3,(H,21,22)(H,23,24,25);1H. The number of H-pyrrole nitrogens is 1. The molecule has 0 radical (unpaired) electrons. The number of benzene rings is 1. The lowest BCUT2D eigenvalue weighted by Crippen LogP contribution is -2.43. The third-order valence-electron chi connectivity index (χ3n) is 4.92. The summed E-state index contributed by atoms with van der Waals surface area (Å²) in [6, 6.07) is 7.74. The van der Waals surface area contributed by atoms with Crippen molar-refractivity contribution in [1.29, 1.82) is 0 Å². The van der Waals surface area contributed by atoms with Crippen LogP contribution in [0.2, 0.25) is 0 Å². The minimum absolute atomic E-state index is 0. The van der Waals surface area contributed by atoms with E-state index in [1.54, 1.807) is 27.5 Å². The van der Waals surface area contributed by atoms with Crippen molar-refractivity contribution >= 4 is 29.9 Å². The number of aromatic nitrogens is 3. The van der Waals surface area contributed by atoms with Gasteiger partial charge in [0.15, 0.2) is 23.2 Å². The summed E-state index contributed by atoms with van der Waals surface area (Å²) < 4.78 is 16.2. The summed E-state index contributed by atoms with van der Waals surface area (Å²) in [7, 11) is 5.09. The molecule has 0 unspecified atom stereocenters. The molecule has 3 heterocycles. The number of hydrogen-bond acceptors (Lipinski definition) is 6. The predicted octanol–water partition coefficient (Wildman–Crippen LogP) is 2.83. The molecule has 160 valence electrons. The molecule has 0 spiro atoms. The second-order valence-electron chi connectivity index (χ2n) is 6.63. The lowest BCUT2D eigenvalue weighted by atomic mass is 9.99. The average molecular weight is 524 g/mol. The summed E-state index contributed by atoms with van der Waals surface area (Å²) >= 11 is 0. The average Bonchev–Trinajstić information content (AvgIpc) is 3.45. The van der Waals surface area contributed by atoms with E-state index in [2.05, 4.69) is 36.5 Å². The second-order valence-corrected chi connectivity index (χ2v) is 6.63. The van der Waals surface area contributed by atoms with Crippen molar-refractivity contribution < 1.29 is 13.9 Å². The molecule has 9 nitrogen and oxygen atoms in total. The fourth-order valence-electron chi connectivity index (χ4n) is 3.45. The molecule has 1 aliphatic rings. The number of fused-ring (bicyclic) bond motifs is 1. The Hall–Kier alpha value is -2.76. The van der Waals surface area contributed by atoms with Crippen LogP contribution in [0.15, 0.2) is 39.9 Å². The number of ether oxygens (including phenoxy) is 2. The molecular weight excluding hydrogens is 499 g/mol. The third kappa shape index (κ3) is 4.53. The van der Waals surface area contributed by atoms with E-state index in [-0.39, 0.29) is 24.0 Å². The highest BCUT2D eigenvalue weighted by atomic mass is 127. The summed E-state index contributed by atoms with van der Waals surface area (Å²) in [6.45, 7) is 2.08. The first kappa shape index (κ1) is 21.9. The Morgan fingerprint density at radius 1 is 1.27 bits per heavy atom. The van der Waals surface area contributed by atoms with Crippen LogP contribution in [-0.4, -0.2) is 53.9 Å². The van der Waals surface area contributed by atoms with Crippen LogP contribution in [0, 0.1) is 0 Å². The van der Waals surface area contributed by atoms with E-state index in [9.17, 15) is 0 Å². The van der Waals surface area contributed by atoms with E-state index in [0.717, 1.165) is 37.0 Å². The molecule has 2 N–H and O–H groups in total. The zero-order valence-corrected chi connectivity index (χ0v) is 19.5. The Labute approximate surface area is 191 Å². The number of methoxy groups -OCH3 is 2. The highest BCUT2D eigenvalue weighted by Crippen LogP contribution is 2.33. The molecule has 0 aliphatic carbocycles. The number of halogens is 1. The highest BCUT2D eigenvalue weighted by molar-refractivity contribution is 14.0. The molecule has 3 aromatic rings. The molecule has 30 heavy (non-hydrogen) atoms. The van der Waals surface area contributed by atoms with Crippen LogP contribution in [0.25, 0.3) is 11.6 Å². The first-order valence-electron chi connectivity index (χ1n) is 9.36. The summed E-state index contributed by atoms with van der Waals surface area (Å²) in [5, 5.41) is 10.5. The van der Waals surface area contributed by atoms with Gasteiger partial charge in [0, 0.05) is 20.1 Å². The lowest BCUT2D eigenvalue weighted by molar-refractivity contribution is 0.346. The summed E-state index contributed by atoms with van der Waals surface area (Å²) in [5.41, 5.74) is 2.48. The highest BCUT2D eigenvalue weighted by Gasteiger charge is 2.22. The van der Waals surface area contributed by atoms with Gasteiger partial charge < -0.3 is 24.1 Å². The van der Waals surface area contributed by atoms with Crippen molar-refractivity contribution in [3.8, 4) is 23.1 Å². The largest absolute Gasteiger partial charge is 0.493 e. The molecule has 10 heteroatoms. The monoisotopic (exact) mass is 524 g/mol. The predicted molar refractivity (Wildman–Crippen MR) is 123 cm³/mol. The Kier molecular flexibility index (Phi) is 7.19. The van der Waals surface area contributed by atoms with Crippen molar-refractivity contribution in [2.75, 3.05) is 27.8 Å². The molecule has 0 saturated carbocycles. The van der Waals surface area contributed by atoms with Crippen LogP contribution in [-0.2, 0) is 19.5 Å². The maximum absolute atomic E-state index is 5.45. The number of furan rings is 1. The molecule has 0 bridgehead atoms. The Balaban J connectivity index is 0.00000256. The Bertz CT molecular complexity index is 1000. The van der Waals surface area contributed by atoms with E-state index in [0.29, 0.717) is 24.0 Å². The second kappa shape index (κ2) is 9.83. The van der Waals surface area contributed by atoms with Crippen molar-refractivity contribution in [3.63, 3.8) is 0 Å². The van der Waals surface area contributed by atoms with Gasteiger partial charge in [0.05, 0.1) is 27.0 Å². The smallest absolute Gasteiger partial charge is 0.216 e. The third-order valence-corrected chi connectivity index (χ3v) is 4.92. The number of guanidine groups is 1. The Morgan fingerprint density at radius 2 is 2.03 bits per heavy atom. The van der Waals surface area contributed by atoms with Crippen LogP contribution in [0.3, 0.4) is 0 Å². The minimum Gasteiger partial charge on any atom is -0.493 e. The van der Waals surface area contributed by atoms with Crippen LogP contribution >= 0.6 is 24.0 Å². The molecule has 0 saturated heterocycles. The van der Waals surface area contributed by atoms with Crippen LogP contribution < -0.4 is 14.8 Å². The van der Waals surface area contributed by atoms with Gasteiger partial charge in [-0.05, 0) is 41.8 Å². The first-order chi connectivity index (χ1) is 14.2. The van der Waals surface area contributed by atoms with Gasteiger partial charge in [-0.1, -0.05) is 0 Å².